The molecule has 16 heavy (non-hydrogen) atoms. The Kier molecular flexibility index (Phi) is 2.74. The Bertz CT molecular complexity index is 527. The maximum absolute atomic E-state index is 11.5. The van der Waals surface area contributed by atoms with Gasteiger partial charge in [-0.15, -0.1) is 0 Å². The van der Waals surface area contributed by atoms with Crippen molar-refractivity contribution in [3.63, 3.8) is 0 Å². The minimum absolute atomic E-state index is 0.273. The van der Waals surface area contributed by atoms with Gasteiger partial charge < -0.3 is 9.84 Å². The van der Waals surface area contributed by atoms with E-state index in [1.807, 2.05) is 0 Å². The Morgan fingerprint density at radius 1 is 1.44 bits per heavy atom. The van der Waals surface area contributed by atoms with E-state index in [0.29, 0.717) is 11.4 Å². The summed E-state index contributed by atoms with van der Waals surface area (Å²) in [6, 6.07) is 6.90. The molecule has 0 spiro atoms. The summed E-state index contributed by atoms with van der Waals surface area (Å²) in [4.78, 5) is 11.5. The van der Waals surface area contributed by atoms with Gasteiger partial charge in [-0.2, -0.15) is 5.10 Å². The van der Waals surface area contributed by atoms with Crippen LogP contribution in [0.5, 0.6) is 5.75 Å². The van der Waals surface area contributed by atoms with Crippen LogP contribution in [0.15, 0.2) is 29.1 Å². The number of aromatic amines is 1. The highest BCUT2D eigenvalue weighted by Crippen LogP contribution is 2.14. The summed E-state index contributed by atoms with van der Waals surface area (Å²) in [5.74, 6) is 0.973. The minimum atomic E-state index is -0.380. The van der Waals surface area contributed by atoms with E-state index in [4.69, 9.17) is 9.84 Å². The molecule has 2 N–H and O–H groups in total. The number of H-pyrrole nitrogens is 1. The molecule has 1 aromatic heterocycles. The van der Waals surface area contributed by atoms with Gasteiger partial charge >= 0.3 is 5.69 Å². The first-order valence-corrected chi connectivity index (χ1v) is 4.68. The van der Waals surface area contributed by atoms with Crippen molar-refractivity contribution in [1.82, 2.24) is 14.8 Å². The fraction of sp³-hybridized carbons (Fsp3) is 0.200. The van der Waals surface area contributed by atoms with Gasteiger partial charge in [0.15, 0.2) is 5.82 Å². The van der Waals surface area contributed by atoms with Crippen LogP contribution >= 0.6 is 0 Å². The highest BCUT2D eigenvalue weighted by molar-refractivity contribution is 5.37. The van der Waals surface area contributed by atoms with Crippen LogP contribution in [0.2, 0.25) is 0 Å². The molecule has 0 unspecified atom stereocenters. The zero-order chi connectivity index (χ0) is 11.5. The van der Waals surface area contributed by atoms with Crippen LogP contribution in [0.1, 0.15) is 5.82 Å². The van der Waals surface area contributed by atoms with Crippen LogP contribution in [-0.4, -0.2) is 27.0 Å². The van der Waals surface area contributed by atoms with Crippen LogP contribution in [0, 0.1) is 0 Å². The molecule has 1 heterocycles. The van der Waals surface area contributed by atoms with Gasteiger partial charge in [-0.25, -0.2) is 14.5 Å². The second kappa shape index (κ2) is 4.19. The molecule has 0 saturated heterocycles. The lowest BCUT2D eigenvalue weighted by atomic mass is 10.3. The average Bonchev–Trinajstić information content (AvgIpc) is 2.70. The van der Waals surface area contributed by atoms with E-state index in [1.165, 1.54) is 4.57 Å². The standard InChI is InChI=1S/C10H11N3O3/c1-16-8-4-2-7(3-5-8)13-9(6-14)11-12-10(13)15/h2-5,14H,6H2,1H3,(H,12,15). The van der Waals surface area contributed by atoms with E-state index >= 15 is 0 Å². The Morgan fingerprint density at radius 2 is 2.12 bits per heavy atom. The molecule has 0 fully saturated rings. The molecule has 0 amide bonds. The van der Waals surface area contributed by atoms with E-state index in [1.54, 1.807) is 31.4 Å². The highest BCUT2D eigenvalue weighted by atomic mass is 16.5. The summed E-state index contributed by atoms with van der Waals surface area (Å²) in [5, 5.41) is 15.0. The smallest absolute Gasteiger partial charge is 0.348 e. The van der Waals surface area contributed by atoms with E-state index in [9.17, 15) is 4.79 Å². The van der Waals surface area contributed by atoms with Crippen LogP contribution in [0.25, 0.3) is 5.69 Å². The van der Waals surface area contributed by atoms with Crippen LogP contribution < -0.4 is 10.4 Å². The molecule has 6 heteroatoms. The van der Waals surface area contributed by atoms with E-state index in [0.717, 1.165) is 0 Å². The van der Waals surface area contributed by atoms with Crippen molar-refractivity contribution in [3.8, 4) is 11.4 Å². The van der Waals surface area contributed by atoms with Crippen molar-refractivity contribution in [2.75, 3.05) is 7.11 Å². The molecule has 0 aliphatic rings. The molecule has 2 rings (SSSR count). The van der Waals surface area contributed by atoms with Gasteiger partial charge in [0.1, 0.15) is 12.4 Å². The monoisotopic (exact) mass is 221 g/mol. The number of aromatic nitrogens is 3. The van der Waals surface area contributed by atoms with Gasteiger partial charge in [-0.05, 0) is 24.3 Å². The maximum Gasteiger partial charge on any atom is 0.348 e. The highest BCUT2D eigenvalue weighted by Gasteiger charge is 2.08. The maximum atomic E-state index is 11.5. The van der Waals surface area contributed by atoms with Gasteiger partial charge in [0.2, 0.25) is 0 Å². The third-order valence-electron chi connectivity index (χ3n) is 2.21. The lowest BCUT2D eigenvalue weighted by Gasteiger charge is -2.04. The largest absolute Gasteiger partial charge is 0.497 e. The van der Waals surface area contributed by atoms with Gasteiger partial charge in [-0.1, -0.05) is 0 Å². The number of nitrogens with zero attached hydrogens (tertiary/aromatic N) is 2. The molecular weight excluding hydrogens is 210 g/mol. The number of methoxy groups -OCH3 is 1. The van der Waals surface area contributed by atoms with Crippen LogP contribution in [0.3, 0.4) is 0 Å². The minimum Gasteiger partial charge on any atom is -0.497 e. The number of rotatable bonds is 3. The molecule has 0 aliphatic heterocycles. The van der Waals surface area contributed by atoms with E-state index < -0.39 is 0 Å². The van der Waals surface area contributed by atoms with Gasteiger partial charge in [0.05, 0.1) is 12.8 Å². The molecule has 0 bridgehead atoms. The van der Waals surface area contributed by atoms with Crippen LogP contribution in [-0.2, 0) is 6.61 Å². The Balaban J connectivity index is 2.49. The fourth-order valence-electron chi connectivity index (χ4n) is 1.43. The summed E-state index contributed by atoms with van der Waals surface area (Å²) in [6.45, 7) is -0.301. The van der Waals surface area contributed by atoms with Gasteiger partial charge in [-0.3, -0.25) is 0 Å². The number of hydrogen-bond donors (Lipinski definition) is 2. The Morgan fingerprint density at radius 3 is 2.69 bits per heavy atom. The SMILES string of the molecule is COc1ccc(-n2c(CO)n[nH]c2=O)cc1. The normalized spacial score (nSPS) is 10.4. The van der Waals surface area contributed by atoms with Gasteiger partial charge in [0.25, 0.3) is 0 Å². The summed E-state index contributed by atoms with van der Waals surface area (Å²) in [6.07, 6.45) is 0. The van der Waals surface area contributed by atoms with Crippen molar-refractivity contribution in [3.05, 3.63) is 40.6 Å². The quantitative estimate of drug-likeness (QED) is 0.768. The zero-order valence-corrected chi connectivity index (χ0v) is 8.67. The molecule has 84 valence electrons. The van der Waals surface area contributed by atoms with Crippen molar-refractivity contribution >= 4 is 0 Å². The first kappa shape index (κ1) is 10.4. The number of benzene rings is 1. The molecule has 0 aliphatic carbocycles. The molecular formula is C10H11N3O3. The molecule has 1 aromatic carbocycles. The van der Waals surface area contributed by atoms with E-state index in [2.05, 4.69) is 10.2 Å². The van der Waals surface area contributed by atoms with Crippen molar-refractivity contribution < 1.29 is 9.84 Å². The van der Waals surface area contributed by atoms with Crippen molar-refractivity contribution in [1.29, 1.82) is 0 Å². The topological polar surface area (TPSA) is 80.1 Å². The van der Waals surface area contributed by atoms with Gasteiger partial charge in [0, 0.05) is 0 Å². The van der Waals surface area contributed by atoms with E-state index in [-0.39, 0.29) is 18.1 Å². The average molecular weight is 221 g/mol. The van der Waals surface area contributed by atoms with Crippen LogP contribution in [0.4, 0.5) is 0 Å². The number of aliphatic hydroxyl groups is 1. The number of aliphatic hydroxyl groups excluding tert-OH is 1. The molecule has 0 radical (unpaired) electrons. The lowest BCUT2D eigenvalue weighted by molar-refractivity contribution is 0.268. The molecule has 6 nitrogen and oxygen atoms in total. The number of nitrogens with one attached hydrogen (secondary N) is 1. The lowest BCUT2D eigenvalue weighted by Crippen LogP contribution is -2.16. The second-order valence-corrected chi connectivity index (χ2v) is 3.14. The first-order valence-electron chi connectivity index (χ1n) is 4.68. The summed E-state index contributed by atoms with van der Waals surface area (Å²) in [5.41, 5.74) is 0.248. The first-order chi connectivity index (χ1) is 7.76. The molecule has 2 aromatic rings. The number of ether oxygens (including phenoxy) is 1. The predicted molar refractivity (Wildman–Crippen MR) is 56.7 cm³/mol. The number of hydrogen-bond acceptors (Lipinski definition) is 4. The van der Waals surface area contributed by atoms with Crippen molar-refractivity contribution in [2.24, 2.45) is 0 Å². The zero-order valence-electron chi connectivity index (χ0n) is 8.67. The second-order valence-electron chi connectivity index (χ2n) is 3.14. The molecule has 0 atom stereocenters. The molecule has 0 saturated carbocycles. The van der Waals surface area contributed by atoms with Crippen molar-refractivity contribution in [2.45, 2.75) is 6.61 Å². The third-order valence-corrected chi connectivity index (χ3v) is 2.21. The predicted octanol–water partition coefficient (Wildman–Crippen LogP) is 0.0615. The summed E-state index contributed by atoms with van der Waals surface area (Å²) in [7, 11) is 1.57. The summed E-state index contributed by atoms with van der Waals surface area (Å²) >= 11 is 0. The Hall–Kier alpha value is -2.08. The summed E-state index contributed by atoms with van der Waals surface area (Å²) < 4.78 is 6.32. The Labute approximate surface area is 91.1 Å². The third kappa shape index (κ3) is 1.70. The fourth-order valence-corrected chi connectivity index (χ4v) is 1.43.